The molecule has 6 unspecified atom stereocenters. The summed E-state index contributed by atoms with van der Waals surface area (Å²) in [6.45, 7) is 9.74. The van der Waals surface area contributed by atoms with Crippen LogP contribution in [0.2, 0.25) is 0 Å². The van der Waals surface area contributed by atoms with Crippen LogP contribution < -0.4 is 0 Å². The van der Waals surface area contributed by atoms with Gasteiger partial charge in [-0.1, -0.05) is 45.3 Å². The second-order valence-corrected chi connectivity index (χ2v) is 9.35. The smallest absolute Gasteiger partial charge is 0.00879 e. The van der Waals surface area contributed by atoms with Gasteiger partial charge in [-0.15, -0.1) is 0 Å². The van der Waals surface area contributed by atoms with Crippen LogP contribution in [0.3, 0.4) is 0 Å². The molecule has 0 spiro atoms. The van der Waals surface area contributed by atoms with E-state index < -0.39 is 0 Å². The van der Waals surface area contributed by atoms with E-state index in [0.29, 0.717) is 10.8 Å². The third-order valence-electron chi connectivity index (χ3n) is 8.78. The van der Waals surface area contributed by atoms with Crippen LogP contribution in [0.25, 0.3) is 0 Å². The van der Waals surface area contributed by atoms with E-state index in [2.05, 4.69) is 20.4 Å². The van der Waals surface area contributed by atoms with Gasteiger partial charge in [0.2, 0.25) is 0 Å². The van der Waals surface area contributed by atoms with Gasteiger partial charge in [0.05, 0.1) is 0 Å². The highest BCUT2D eigenvalue weighted by Crippen LogP contribution is 2.65. The largest absolute Gasteiger partial charge is 0.0993 e. The Morgan fingerprint density at radius 2 is 1.67 bits per heavy atom. The maximum atomic E-state index is 4.47. The number of rotatable bonds is 0. The summed E-state index contributed by atoms with van der Waals surface area (Å²) in [4.78, 5) is 0. The van der Waals surface area contributed by atoms with Crippen molar-refractivity contribution in [2.45, 2.75) is 84.5 Å². The van der Waals surface area contributed by atoms with Gasteiger partial charge in [0.25, 0.3) is 0 Å². The second-order valence-electron chi connectivity index (χ2n) is 9.35. The van der Waals surface area contributed by atoms with Crippen molar-refractivity contribution in [3.8, 4) is 0 Å². The van der Waals surface area contributed by atoms with Crippen molar-refractivity contribution in [2.75, 3.05) is 0 Å². The van der Waals surface area contributed by atoms with Gasteiger partial charge in [0.15, 0.2) is 0 Å². The van der Waals surface area contributed by atoms with Gasteiger partial charge < -0.3 is 0 Å². The predicted octanol–water partition coefficient (Wildman–Crippen LogP) is 6.37. The molecule has 0 bridgehead atoms. The Balaban J connectivity index is 1.69. The number of allylic oxidation sites excluding steroid dienone is 1. The Morgan fingerprint density at radius 1 is 0.857 bits per heavy atom. The Bertz CT molecular complexity index is 435. The Kier molecular flexibility index (Phi) is 3.32. The first kappa shape index (κ1) is 14.3. The van der Waals surface area contributed by atoms with E-state index in [0.717, 1.165) is 23.7 Å². The molecule has 4 aliphatic carbocycles. The van der Waals surface area contributed by atoms with Gasteiger partial charge in [-0.25, -0.2) is 0 Å². The molecule has 0 radical (unpaired) electrons. The summed E-state index contributed by atoms with van der Waals surface area (Å²) in [5.41, 5.74) is 2.79. The lowest BCUT2D eigenvalue weighted by Crippen LogP contribution is -2.47. The van der Waals surface area contributed by atoms with Crippen molar-refractivity contribution in [1.29, 1.82) is 0 Å². The van der Waals surface area contributed by atoms with Gasteiger partial charge in [-0.3, -0.25) is 0 Å². The molecule has 0 N–H and O–H groups in total. The van der Waals surface area contributed by atoms with Gasteiger partial charge in [0.1, 0.15) is 0 Å². The zero-order chi connectivity index (χ0) is 14.7. The summed E-state index contributed by atoms with van der Waals surface area (Å²) >= 11 is 0. The molecule has 0 heterocycles. The van der Waals surface area contributed by atoms with E-state index >= 15 is 0 Å². The molecule has 4 rings (SSSR count). The Morgan fingerprint density at radius 3 is 2.52 bits per heavy atom. The van der Waals surface area contributed by atoms with E-state index in [1.165, 1.54) is 70.6 Å². The maximum Gasteiger partial charge on any atom is -0.00879 e. The first-order chi connectivity index (χ1) is 10.1. The molecule has 4 fully saturated rings. The minimum absolute atomic E-state index is 0.506. The van der Waals surface area contributed by atoms with E-state index in [1.54, 1.807) is 5.57 Å². The fourth-order valence-corrected chi connectivity index (χ4v) is 7.41. The molecule has 0 nitrogen and oxygen atoms in total. The summed E-state index contributed by atoms with van der Waals surface area (Å²) in [5.74, 6) is 4.09. The van der Waals surface area contributed by atoms with Gasteiger partial charge >= 0.3 is 0 Å². The van der Waals surface area contributed by atoms with Crippen molar-refractivity contribution in [1.82, 2.24) is 0 Å². The average Bonchev–Trinajstić information content (AvgIpc) is 2.68. The monoisotopic (exact) mass is 286 g/mol. The third-order valence-corrected chi connectivity index (χ3v) is 8.78. The molecule has 0 aliphatic heterocycles. The van der Waals surface area contributed by atoms with Crippen molar-refractivity contribution < 1.29 is 0 Å². The van der Waals surface area contributed by atoms with Crippen LogP contribution in [0.4, 0.5) is 0 Å². The molecule has 0 saturated heterocycles. The second kappa shape index (κ2) is 4.87. The molecule has 0 heteroatoms. The van der Waals surface area contributed by atoms with Crippen LogP contribution in [0.15, 0.2) is 12.2 Å². The molecule has 0 aromatic rings. The van der Waals surface area contributed by atoms with Crippen LogP contribution in [0.5, 0.6) is 0 Å². The highest BCUT2D eigenvalue weighted by Gasteiger charge is 2.56. The molecule has 0 amide bonds. The summed E-state index contributed by atoms with van der Waals surface area (Å²) in [6.07, 6.45) is 16.4. The fraction of sp³-hybridized carbons (Fsp3) is 0.905. The van der Waals surface area contributed by atoms with E-state index in [-0.39, 0.29) is 0 Å². The van der Waals surface area contributed by atoms with Crippen LogP contribution in [0.1, 0.15) is 84.5 Å². The molecule has 0 aromatic carbocycles. The Labute approximate surface area is 131 Å². The molecular weight excluding hydrogens is 252 g/mol. The van der Waals surface area contributed by atoms with Crippen molar-refractivity contribution >= 4 is 0 Å². The molecule has 6 atom stereocenters. The summed E-state index contributed by atoms with van der Waals surface area (Å²) in [6, 6.07) is 0. The zero-order valence-electron chi connectivity index (χ0n) is 14.3. The van der Waals surface area contributed by atoms with E-state index in [1.807, 2.05) is 0 Å². The quantitative estimate of drug-likeness (QED) is 0.454. The van der Waals surface area contributed by atoms with Crippen molar-refractivity contribution in [3.63, 3.8) is 0 Å². The lowest BCUT2D eigenvalue weighted by molar-refractivity contribution is -0.0473. The topological polar surface area (TPSA) is 0 Å². The molecule has 4 saturated carbocycles. The molecule has 0 aromatic heterocycles. The van der Waals surface area contributed by atoms with Gasteiger partial charge in [-0.2, -0.15) is 0 Å². The molecule has 4 aliphatic rings. The minimum Gasteiger partial charge on any atom is -0.0993 e. The van der Waals surface area contributed by atoms with Crippen molar-refractivity contribution in [2.24, 2.45) is 34.5 Å². The Hall–Kier alpha value is -0.260. The summed E-state index contributed by atoms with van der Waals surface area (Å²) < 4.78 is 0. The first-order valence-corrected chi connectivity index (χ1v) is 9.74. The molecule has 118 valence electrons. The SMILES string of the molecule is C=C1CCC2C3CCCC4CCCCC4(C)C3CCC12C. The first-order valence-electron chi connectivity index (χ1n) is 9.74. The summed E-state index contributed by atoms with van der Waals surface area (Å²) in [5, 5.41) is 0. The minimum atomic E-state index is 0.506. The number of hydrogen-bond donors (Lipinski definition) is 0. The molecular formula is C21H34. The van der Waals surface area contributed by atoms with Gasteiger partial charge in [-0.05, 0) is 85.9 Å². The highest BCUT2D eigenvalue weighted by atomic mass is 14.6. The third kappa shape index (κ3) is 1.93. The lowest BCUT2D eigenvalue weighted by Gasteiger charge is -2.55. The zero-order valence-corrected chi connectivity index (χ0v) is 14.3. The predicted molar refractivity (Wildman–Crippen MR) is 90.1 cm³/mol. The normalized spacial score (nSPS) is 53.5. The summed E-state index contributed by atoms with van der Waals surface area (Å²) in [7, 11) is 0. The highest BCUT2D eigenvalue weighted by molar-refractivity contribution is 5.21. The van der Waals surface area contributed by atoms with Crippen LogP contribution in [-0.4, -0.2) is 0 Å². The standard InChI is InChI=1S/C21H34/c1-15-10-11-18-17-9-6-8-16-7-4-5-13-21(16,3)19(17)12-14-20(15,18)2/h16-19H,1,4-14H2,2-3H3. The van der Waals surface area contributed by atoms with Crippen LogP contribution >= 0.6 is 0 Å². The molecule has 21 heavy (non-hydrogen) atoms. The average molecular weight is 287 g/mol. The van der Waals surface area contributed by atoms with Crippen molar-refractivity contribution in [3.05, 3.63) is 12.2 Å². The number of fused-ring (bicyclic) bond motifs is 5. The van der Waals surface area contributed by atoms with Gasteiger partial charge in [0, 0.05) is 0 Å². The lowest BCUT2D eigenvalue weighted by atomic mass is 9.50. The van der Waals surface area contributed by atoms with E-state index in [9.17, 15) is 0 Å². The maximum absolute atomic E-state index is 4.47. The van der Waals surface area contributed by atoms with Crippen LogP contribution in [-0.2, 0) is 0 Å². The van der Waals surface area contributed by atoms with Crippen LogP contribution in [0, 0.1) is 34.5 Å². The number of hydrogen-bond acceptors (Lipinski definition) is 0. The fourth-order valence-electron chi connectivity index (χ4n) is 7.41. The van der Waals surface area contributed by atoms with E-state index in [4.69, 9.17) is 0 Å².